The number of carbonyl (C=O) groups is 1. The molecule has 0 radical (unpaired) electrons. The number of hydrogen-bond donors (Lipinski definition) is 3. The fraction of sp³-hybridized carbons (Fsp3) is 0.0385. The molecule has 0 saturated heterocycles. The van der Waals surface area contributed by atoms with E-state index in [1.54, 1.807) is 36.3 Å². The fourth-order valence-electron chi connectivity index (χ4n) is 3.99. The molecule has 0 fully saturated rings. The van der Waals surface area contributed by atoms with Gasteiger partial charge in [-0.25, -0.2) is 10.5 Å². The molecule has 172 valence electrons. The smallest absolute Gasteiger partial charge is 0.279 e. The van der Waals surface area contributed by atoms with E-state index in [0.717, 1.165) is 11.1 Å². The average molecular weight is 465 g/mol. The third-order valence-corrected chi connectivity index (χ3v) is 5.65. The number of nitrogens with one attached hydrogen (secondary N) is 2. The van der Waals surface area contributed by atoms with E-state index in [-0.39, 0.29) is 16.9 Å². The zero-order valence-corrected chi connectivity index (χ0v) is 18.5. The molecular weight excluding hydrogens is 446 g/mol. The van der Waals surface area contributed by atoms with Crippen molar-refractivity contribution in [2.45, 2.75) is 0 Å². The minimum Gasteiger partial charge on any atom is -0.494 e. The molecule has 9 nitrogen and oxygen atoms in total. The van der Waals surface area contributed by atoms with Crippen molar-refractivity contribution in [2.75, 3.05) is 7.11 Å². The van der Waals surface area contributed by atoms with E-state index in [4.69, 9.17) is 9.72 Å². The minimum absolute atomic E-state index is 0.0898. The van der Waals surface area contributed by atoms with Crippen molar-refractivity contribution in [1.29, 1.82) is 0 Å². The highest BCUT2D eigenvalue weighted by molar-refractivity contribution is 6.12. The van der Waals surface area contributed by atoms with Gasteiger partial charge in [-0.1, -0.05) is 24.3 Å². The molecule has 0 bridgehead atoms. The number of aromatic nitrogens is 4. The highest BCUT2D eigenvalue weighted by Gasteiger charge is 2.24. The van der Waals surface area contributed by atoms with Crippen molar-refractivity contribution >= 4 is 16.8 Å². The van der Waals surface area contributed by atoms with Crippen molar-refractivity contribution < 1.29 is 14.7 Å². The van der Waals surface area contributed by atoms with Crippen LogP contribution in [-0.2, 0) is 0 Å². The largest absolute Gasteiger partial charge is 0.494 e. The minimum atomic E-state index is -0.760. The first-order valence-electron chi connectivity index (χ1n) is 10.6. The van der Waals surface area contributed by atoms with Crippen molar-refractivity contribution in [2.24, 2.45) is 0 Å². The number of pyridine rings is 4. The van der Waals surface area contributed by atoms with Crippen LogP contribution in [-0.4, -0.2) is 38.2 Å². The fourth-order valence-corrected chi connectivity index (χ4v) is 3.99. The SMILES string of the molecule is COc1c(-c2ccc(-c3ccncc3)cc2)nc2c(-c3ccc(=O)[nH]c3)cncc2c1C(=O)NO. The van der Waals surface area contributed by atoms with Crippen LogP contribution in [0.1, 0.15) is 10.4 Å². The van der Waals surface area contributed by atoms with Crippen molar-refractivity contribution in [3.8, 4) is 39.3 Å². The van der Waals surface area contributed by atoms with Gasteiger partial charge in [-0.15, -0.1) is 0 Å². The van der Waals surface area contributed by atoms with Crippen LogP contribution in [0.4, 0.5) is 0 Å². The Morgan fingerprint density at radius 3 is 2.26 bits per heavy atom. The van der Waals surface area contributed by atoms with Crippen LogP contribution in [0.5, 0.6) is 5.75 Å². The van der Waals surface area contributed by atoms with Crippen LogP contribution in [0.25, 0.3) is 44.4 Å². The maximum Gasteiger partial charge on any atom is 0.279 e. The van der Waals surface area contributed by atoms with E-state index >= 15 is 0 Å². The van der Waals surface area contributed by atoms with E-state index in [0.29, 0.717) is 33.3 Å². The van der Waals surface area contributed by atoms with E-state index in [2.05, 4.69) is 15.0 Å². The molecule has 1 aromatic carbocycles. The zero-order chi connectivity index (χ0) is 24.4. The van der Waals surface area contributed by atoms with E-state index in [1.807, 2.05) is 36.4 Å². The zero-order valence-electron chi connectivity index (χ0n) is 18.5. The maximum absolute atomic E-state index is 12.8. The summed E-state index contributed by atoms with van der Waals surface area (Å²) in [5.41, 5.74) is 6.38. The molecule has 0 aliphatic rings. The van der Waals surface area contributed by atoms with Gasteiger partial charge < -0.3 is 9.72 Å². The van der Waals surface area contributed by atoms with Crippen LogP contribution < -0.4 is 15.8 Å². The monoisotopic (exact) mass is 465 g/mol. The topological polar surface area (TPSA) is 130 Å². The van der Waals surface area contributed by atoms with E-state index in [9.17, 15) is 14.8 Å². The summed E-state index contributed by atoms with van der Waals surface area (Å²) in [6.07, 6.45) is 8.10. The van der Waals surface area contributed by atoms with Gasteiger partial charge in [-0.3, -0.25) is 24.8 Å². The molecule has 1 amide bonds. The Balaban J connectivity index is 1.77. The lowest BCUT2D eigenvalue weighted by molar-refractivity contribution is 0.0705. The lowest BCUT2D eigenvalue weighted by Crippen LogP contribution is -2.20. The van der Waals surface area contributed by atoms with Crippen molar-refractivity contribution in [1.82, 2.24) is 25.4 Å². The predicted molar refractivity (Wildman–Crippen MR) is 130 cm³/mol. The number of aromatic amines is 1. The molecule has 5 aromatic rings. The molecule has 3 N–H and O–H groups in total. The number of amides is 1. The summed E-state index contributed by atoms with van der Waals surface area (Å²) in [6, 6.07) is 14.5. The molecule has 0 unspecified atom stereocenters. The van der Waals surface area contributed by atoms with Crippen molar-refractivity contribution in [3.63, 3.8) is 0 Å². The first-order chi connectivity index (χ1) is 17.1. The van der Waals surface area contributed by atoms with Gasteiger partial charge in [0.2, 0.25) is 5.56 Å². The number of ether oxygens (including phenoxy) is 1. The molecule has 0 saturated carbocycles. The number of carbonyl (C=O) groups excluding carboxylic acids is 1. The summed E-state index contributed by atoms with van der Waals surface area (Å²) in [6.45, 7) is 0. The first kappa shape index (κ1) is 21.9. The van der Waals surface area contributed by atoms with Crippen LogP contribution in [0.3, 0.4) is 0 Å². The Morgan fingerprint density at radius 2 is 1.60 bits per heavy atom. The molecule has 35 heavy (non-hydrogen) atoms. The molecule has 5 rings (SSSR count). The standard InChI is InChI=1S/C26H19N5O4/c1-35-25-22(26(33)31-34)20-14-28-13-19(18-6-7-21(32)29-12-18)24(20)30-23(25)17-4-2-15(3-5-17)16-8-10-27-11-9-16/h2-14,34H,1H3,(H,29,32)(H,31,33). The highest BCUT2D eigenvalue weighted by Crippen LogP contribution is 2.39. The molecule has 0 spiro atoms. The number of benzene rings is 1. The Labute approximate surface area is 199 Å². The second-order valence-corrected chi connectivity index (χ2v) is 7.65. The Morgan fingerprint density at radius 1 is 0.914 bits per heavy atom. The van der Waals surface area contributed by atoms with Gasteiger partial charge >= 0.3 is 0 Å². The molecule has 9 heteroatoms. The molecule has 0 atom stereocenters. The lowest BCUT2D eigenvalue weighted by Gasteiger charge is -2.16. The molecule has 0 aliphatic heterocycles. The molecular formula is C26H19N5O4. The average Bonchev–Trinajstić information content (AvgIpc) is 2.92. The normalized spacial score (nSPS) is 10.8. The Hall–Kier alpha value is -4.89. The quantitative estimate of drug-likeness (QED) is 0.266. The number of fused-ring (bicyclic) bond motifs is 1. The van der Waals surface area contributed by atoms with Gasteiger partial charge in [0.15, 0.2) is 5.75 Å². The third kappa shape index (κ3) is 4.00. The van der Waals surface area contributed by atoms with Crippen LogP contribution in [0, 0.1) is 0 Å². The van der Waals surface area contributed by atoms with Gasteiger partial charge in [0.25, 0.3) is 5.91 Å². The van der Waals surface area contributed by atoms with Crippen LogP contribution in [0.2, 0.25) is 0 Å². The number of rotatable bonds is 5. The first-order valence-corrected chi connectivity index (χ1v) is 10.6. The van der Waals surface area contributed by atoms with Crippen molar-refractivity contribution in [3.05, 3.63) is 95.4 Å². The number of H-pyrrole nitrogens is 1. The summed E-state index contributed by atoms with van der Waals surface area (Å²) in [5, 5.41) is 9.85. The Bertz CT molecular complexity index is 1580. The Kier molecular flexibility index (Phi) is 5.74. The van der Waals surface area contributed by atoms with Crippen LogP contribution >= 0.6 is 0 Å². The second kappa shape index (κ2) is 9.16. The number of methoxy groups -OCH3 is 1. The molecule has 0 aliphatic carbocycles. The highest BCUT2D eigenvalue weighted by atomic mass is 16.5. The van der Waals surface area contributed by atoms with Gasteiger partial charge in [0.1, 0.15) is 5.69 Å². The molecule has 4 aromatic heterocycles. The summed E-state index contributed by atoms with van der Waals surface area (Å²) in [5.74, 6) is -0.564. The number of hydroxylamine groups is 1. The summed E-state index contributed by atoms with van der Waals surface area (Å²) < 4.78 is 5.62. The lowest BCUT2D eigenvalue weighted by atomic mass is 9.98. The van der Waals surface area contributed by atoms with E-state index in [1.165, 1.54) is 19.4 Å². The summed E-state index contributed by atoms with van der Waals surface area (Å²) >= 11 is 0. The van der Waals surface area contributed by atoms with E-state index < -0.39 is 5.91 Å². The predicted octanol–water partition coefficient (Wildman–Crippen LogP) is 3.84. The van der Waals surface area contributed by atoms with Gasteiger partial charge in [-0.2, -0.15) is 0 Å². The number of nitrogens with zero attached hydrogens (tertiary/aromatic N) is 3. The number of hydrogen-bond acceptors (Lipinski definition) is 7. The maximum atomic E-state index is 12.8. The van der Waals surface area contributed by atoms with Gasteiger partial charge in [-0.05, 0) is 29.3 Å². The third-order valence-electron chi connectivity index (χ3n) is 5.65. The molecule has 4 heterocycles. The summed E-state index contributed by atoms with van der Waals surface area (Å²) in [7, 11) is 1.44. The van der Waals surface area contributed by atoms with Crippen LogP contribution in [0.15, 0.2) is 84.3 Å². The second-order valence-electron chi connectivity index (χ2n) is 7.65. The van der Waals surface area contributed by atoms with Gasteiger partial charge in [0, 0.05) is 59.1 Å². The van der Waals surface area contributed by atoms with Gasteiger partial charge in [0.05, 0.1) is 18.2 Å². The summed E-state index contributed by atoms with van der Waals surface area (Å²) in [4.78, 5) is 40.2.